The van der Waals surface area contributed by atoms with Crippen molar-refractivity contribution in [2.24, 2.45) is 18.9 Å². The van der Waals surface area contributed by atoms with Crippen molar-refractivity contribution in [1.82, 2.24) is 19.5 Å². The lowest BCUT2D eigenvalue weighted by Gasteiger charge is -2.29. The van der Waals surface area contributed by atoms with E-state index in [0.717, 1.165) is 38.8 Å². The number of rotatable bonds is 6. The van der Waals surface area contributed by atoms with Gasteiger partial charge in [-0.05, 0) is 56.7 Å². The molecule has 0 bridgehead atoms. The predicted molar refractivity (Wildman–Crippen MR) is 108 cm³/mol. The number of amides is 1. The smallest absolute Gasteiger partial charge is 0.267 e. The van der Waals surface area contributed by atoms with Crippen molar-refractivity contribution in [3.63, 3.8) is 0 Å². The zero-order valence-electron chi connectivity index (χ0n) is 16.1. The summed E-state index contributed by atoms with van der Waals surface area (Å²) in [6, 6.07) is 1.50. The molecule has 2 fully saturated rings. The molecule has 7 nitrogen and oxygen atoms in total. The van der Waals surface area contributed by atoms with Crippen LogP contribution in [0.3, 0.4) is 0 Å². The monoisotopic (exact) mass is 418 g/mol. The quantitative estimate of drug-likeness (QED) is 0.734. The molecule has 3 heterocycles. The van der Waals surface area contributed by atoms with Crippen LogP contribution in [0.4, 0.5) is 0 Å². The topological polar surface area (TPSA) is 83.4 Å². The first kappa shape index (κ1) is 22.2. The Balaban J connectivity index is 0.00000261. The molecule has 0 radical (unpaired) electrons. The summed E-state index contributed by atoms with van der Waals surface area (Å²) >= 11 is 0. The number of aromatic nitrogens is 1. The normalized spacial score (nSPS) is 23.8. The summed E-state index contributed by atoms with van der Waals surface area (Å²) in [5, 5.41) is 6.24. The molecule has 0 aromatic carbocycles. The fourth-order valence-corrected chi connectivity index (χ4v) is 5.53. The van der Waals surface area contributed by atoms with Crippen LogP contribution in [-0.2, 0) is 17.1 Å². The molecule has 3 rings (SSSR count). The first-order valence-electron chi connectivity index (χ1n) is 9.53. The fraction of sp³-hybridized carbons (Fsp3) is 0.722. The number of halogens is 1. The van der Waals surface area contributed by atoms with Crippen LogP contribution in [0.2, 0.25) is 0 Å². The lowest BCUT2D eigenvalue weighted by atomic mass is 10.0. The van der Waals surface area contributed by atoms with Gasteiger partial charge in [0.2, 0.25) is 10.0 Å². The van der Waals surface area contributed by atoms with E-state index >= 15 is 0 Å². The van der Waals surface area contributed by atoms with E-state index in [1.165, 1.54) is 6.07 Å². The van der Waals surface area contributed by atoms with Crippen LogP contribution < -0.4 is 10.6 Å². The third kappa shape index (κ3) is 5.25. The van der Waals surface area contributed by atoms with E-state index < -0.39 is 10.0 Å². The molecule has 9 heteroatoms. The highest BCUT2D eigenvalue weighted by molar-refractivity contribution is 7.89. The van der Waals surface area contributed by atoms with Crippen molar-refractivity contribution in [3.8, 4) is 0 Å². The second-order valence-electron chi connectivity index (χ2n) is 7.69. The average molecular weight is 419 g/mol. The Morgan fingerprint density at radius 2 is 2.15 bits per heavy atom. The van der Waals surface area contributed by atoms with E-state index in [4.69, 9.17) is 0 Å². The maximum atomic E-state index is 12.9. The maximum Gasteiger partial charge on any atom is 0.267 e. The summed E-state index contributed by atoms with van der Waals surface area (Å²) in [7, 11) is -1.82. The molecule has 27 heavy (non-hydrogen) atoms. The minimum Gasteiger partial charge on any atom is -0.351 e. The third-order valence-electron chi connectivity index (χ3n) is 5.47. The van der Waals surface area contributed by atoms with Crippen molar-refractivity contribution in [3.05, 3.63) is 18.0 Å². The maximum absolute atomic E-state index is 12.9. The number of hydrogen-bond donors (Lipinski definition) is 2. The molecular weight excluding hydrogens is 388 g/mol. The van der Waals surface area contributed by atoms with E-state index in [9.17, 15) is 13.2 Å². The first-order chi connectivity index (χ1) is 12.4. The van der Waals surface area contributed by atoms with Gasteiger partial charge in [-0.15, -0.1) is 12.4 Å². The van der Waals surface area contributed by atoms with E-state index in [2.05, 4.69) is 17.6 Å². The number of carbonyl (C=O) groups excluding carboxylic acids is 1. The SMILES string of the molecule is CC1CCCN(S(=O)(=O)c2cc(C(=O)NCCC3CCNC3)n(C)c2)C1.Cl. The summed E-state index contributed by atoms with van der Waals surface area (Å²) in [6.45, 7) is 5.85. The van der Waals surface area contributed by atoms with Gasteiger partial charge < -0.3 is 15.2 Å². The van der Waals surface area contributed by atoms with Crippen molar-refractivity contribution >= 4 is 28.3 Å². The Morgan fingerprint density at radius 3 is 2.81 bits per heavy atom. The summed E-state index contributed by atoms with van der Waals surface area (Å²) in [5.41, 5.74) is 0.387. The van der Waals surface area contributed by atoms with Crippen LogP contribution in [0.5, 0.6) is 0 Å². The highest BCUT2D eigenvalue weighted by Crippen LogP contribution is 2.24. The summed E-state index contributed by atoms with van der Waals surface area (Å²) in [5.74, 6) is 0.766. The summed E-state index contributed by atoms with van der Waals surface area (Å²) in [4.78, 5) is 12.7. The minimum absolute atomic E-state index is 0. The molecule has 154 valence electrons. The molecule has 1 amide bonds. The molecule has 1 aromatic rings. The van der Waals surface area contributed by atoms with Gasteiger partial charge in [0.25, 0.3) is 5.91 Å². The summed E-state index contributed by atoms with van der Waals surface area (Å²) in [6.07, 6.45) is 5.59. The van der Waals surface area contributed by atoms with Gasteiger partial charge in [-0.2, -0.15) is 4.31 Å². The minimum atomic E-state index is -3.54. The Bertz CT molecular complexity index is 744. The Kier molecular flexibility index (Phi) is 7.73. The van der Waals surface area contributed by atoms with Gasteiger partial charge in [-0.3, -0.25) is 4.79 Å². The van der Waals surface area contributed by atoms with Gasteiger partial charge in [0.05, 0.1) is 0 Å². The van der Waals surface area contributed by atoms with Crippen molar-refractivity contribution < 1.29 is 13.2 Å². The molecule has 2 saturated heterocycles. The highest BCUT2D eigenvalue weighted by atomic mass is 35.5. The Morgan fingerprint density at radius 1 is 1.37 bits per heavy atom. The second kappa shape index (κ2) is 9.41. The third-order valence-corrected chi connectivity index (χ3v) is 7.30. The Labute approximate surface area is 168 Å². The van der Waals surface area contributed by atoms with Gasteiger partial charge in [0.15, 0.2) is 0 Å². The van der Waals surface area contributed by atoms with E-state index in [-0.39, 0.29) is 23.2 Å². The lowest BCUT2D eigenvalue weighted by molar-refractivity contribution is 0.0943. The first-order valence-corrected chi connectivity index (χ1v) is 11.0. The van der Waals surface area contributed by atoms with Gasteiger partial charge in [0.1, 0.15) is 10.6 Å². The van der Waals surface area contributed by atoms with Crippen LogP contribution in [0.1, 0.15) is 43.1 Å². The molecule has 0 saturated carbocycles. The van der Waals surface area contributed by atoms with Crippen LogP contribution in [0.15, 0.2) is 17.2 Å². The average Bonchev–Trinajstić information content (AvgIpc) is 3.24. The van der Waals surface area contributed by atoms with Crippen LogP contribution in [0, 0.1) is 11.8 Å². The van der Waals surface area contributed by atoms with Crippen LogP contribution in [-0.4, -0.2) is 55.9 Å². The molecule has 2 aliphatic rings. The number of hydrogen-bond acceptors (Lipinski definition) is 4. The molecule has 0 aliphatic carbocycles. The van der Waals surface area contributed by atoms with Crippen molar-refractivity contribution in [2.75, 3.05) is 32.7 Å². The largest absolute Gasteiger partial charge is 0.351 e. The number of carbonyl (C=O) groups is 1. The van der Waals surface area contributed by atoms with Gasteiger partial charge >= 0.3 is 0 Å². The lowest BCUT2D eigenvalue weighted by Crippen LogP contribution is -2.38. The molecule has 1 aromatic heterocycles. The van der Waals surface area contributed by atoms with E-state index in [1.54, 1.807) is 22.1 Å². The molecular formula is C18H31ClN4O3S. The molecule has 2 aliphatic heterocycles. The number of sulfonamides is 1. The highest BCUT2D eigenvalue weighted by Gasteiger charge is 2.30. The predicted octanol–water partition coefficient (Wildman–Crippen LogP) is 1.60. The molecule has 2 unspecified atom stereocenters. The van der Waals surface area contributed by atoms with Crippen LogP contribution >= 0.6 is 12.4 Å². The zero-order chi connectivity index (χ0) is 18.7. The number of nitrogens with one attached hydrogen (secondary N) is 2. The van der Waals surface area contributed by atoms with Crippen molar-refractivity contribution in [2.45, 2.75) is 37.5 Å². The molecule has 0 spiro atoms. The second-order valence-corrected chi connectivity index (χ2v) is 9.62. The van der Waals surface area contributed by atoms with Gasteiger partial charge in [-0.25, -0.2) is 8.42 Å². The molecule has 2 N–H and O–H groups in total. The summed E-state index contributed by atoms with van der Waals surface area (Å²) < 4.78 is 28.9. The van der Waals surface area contributed by atoms with Crippen molar-refractivity contribution in [1.29, 1.82) is 0 Å². The standard InChI is InChI=1S/C18H30N4O3S.ClH/c1-14-4-3-9-22(12-14)26(24,25)16-10-17(21(2)13-16)18(23)20-8-6-15-5-7-19-11-15;/h10,13-15,19H,3-9,11-12H2,1-2H3,(H,20,23);1H. The number of nitrogens with zero attached hydrogens (tertiary/aromatic N) is 2. The Hall–Kier alpha value is -1.09. The molecule has 2 atom stereocenters. The van der Waals surface area contributed by atoms with Crippen LogP contribution in [0.25, 0.3) is 0 Å². The zero-order valence-corrected chi connectivity index (χ0v) is 17.7. The fourth-order valence-electron chi connectivity index (χ4n) is 3.86. The number of aryl methyl sites for hydroxylation is 1. The van der Waals surface area contributed by atoms with Gasteiger partial charge in [-0.1, -0.05) is 6.92 Å². The number of piperidine rings is 1. The van der Waals surface area contributed by atoms with E-state index in [0.29, 0.717) is 37.2 Å². The van der Waals surface area contributed by atoms with E-state index in [1.807, 2.05) is 0 Å². The van der Waals surface area contributed by atoms with Gasteiger partial charge in [0, 0.05) is 32.9 Å².